The van der Waals surface area contributed by atoms with E-state index in [4.69, 9.17) is 20.3 Å². The van der Waals surface area contributed by atoms with Gasteiger partial charge in [0.15, 0.2) is 12.4 Å². The average Bonchev–Trinajstić information content (AvgIpc) is 2.64. The number of hydrogen-bond donors (Lipinski definition) is 4. The smallest absolute Gasteiger partial charge is 0.387 e. The molecule has 0 bridgehead atoms. The average molecular weight is 325 g/mol. The molecule has 2 rings (SSSR count). The second-order valence-corrected chi connectivity index (χ2v) is 5.57. The predicted molar refractivity (Wildman–Crippen MR) is 65.7 cm³/mol. The highest BCUT2D eigenvalue weighted by atomic mass is 31.2. The lowest BCUT2D eigenvalue weighted by molar-refractivity contribution is -0.0482. The summed E-state index contributed by atoms with van der Waals surface area (Å²) in [6.45, 7) is -0.737. The Bertz CT molecular complexity index is 620. The highest BCUT2D eigenvalue weighted by molar-refractivity contribution is 7.46. The van der Waals surface area contributed by atoms with Gasteiger partial charge in [-0.2, -0.15) is 4.98 Å². The highest BCUT2D eigenvalue weighted by Crippen LogP contribution is 2.38. The standard InChI is InChI=1S/C9H13FN3O7P/c10-6-7(14)4(3-19-21(16,17)18)20-8(6)13-2-1-5(11)12-9(13)15/h1-2,4,6-8,14H,3H2,(H2,11,12,15)(H2,16,17,18)/t4-,6-,7-,8-/m1/s1. The Hall–Kier alpha value is -1.36. The molecule has 1 fully saturated rings. The maximum absolute atomic E-state index is 14.0. The number of nitrogens with two attached hydrogens (primary N) is 1. The van der Waals surface area contributed by atoms with E-state index in [9.17, 15) is 18.9 Å². The van der Waals surface area contributed by atoms with Crippen LogP contribution in [0.1, 0.15) is 6.23 Å². The van der Waals surface area contributed by atoms with E-state index in [0.717, 1.165) is 10.8 Å². The Labute approximate surface area is 117 Å². The first-order valence-corrected chi connectivity index (χ1v) is 7.24. The van der Waals surface area contributed by atoms with Crippen molar-refractivity contribution in [3.05, 3.63) is 22.7 Å². The summed E-state index contributed by atoms with van der Waals surface area (Å²) in [5.41, 5.74) is 4.41. The molecule has 0 aromatic carbocycles. The summed E-state index contributed by atoms with van der Waals surface area (Å²) >= 11 is 0. The van der Waals surface area contributed by atoms with Crippen LogP contribution >= 0.6 is 7.82 Å². The zero-order valence-electron chi connectivity index (χ0n) is 10.4. The van der Waals surface area contributed by atoms with Gasteiger partial charge >= 0.3 is 13.5 Å². The van der Waals surface area contributed by atoms with Crippen molar-refractivity contribution >= 4 is 13.6 Å². The normalized spacial score (nSPS) is 29.7. The molecule has 1 aliphatic heterocycles. The molecule has 12 heteroatoms. The van der Waals surface area contributed by atoms with Gasteiger partial charge in [0.2, 0.25) is 0 Å². The van der Waals surface area contributed by atoms with Gasteiger partial charge in [-0.15, -0.1) is 0 Å². The first kappa shape index (κ1) is 16.0. The highest BCUT2D eigenvalue weighted by Gasteiger charge is 2.46. The number of nitrogen functional groups attached to an aromatic ring is 1. The predicted octanol–water partition coefficient (Wildman–Crippen LogP) is -1.47. The number of phosphoric acid groups is 1. The minimum absolute atomic E-state index is 0.0633. The van der Waals surface area contributed by atoms with Crippen molar-refractivity contribution < 1.29 is 33.1 Å². The Kier molecular flexibility index (Phi) is 4.42. The third kappa shape index (κ3) is 3.64. The van der Waals surface area contributed by atoms with Gasteiger partial charge in [0.05, 0.1) is 6.61 Å². The monoisotopic (exact) mass is 325 g/mol. The molecular weight excluding hydrogens is 312 g/mol. The number of rotatable bonds is 4. The molecule has 1 saturated heterocycles. The summed E-state index contributed by atoms with van der Waals surface area (Å²) in [7, 11) is -4.78. The first-order chi connectivity index (χ1) is 9.69. The van der Waals surface area contributed by atoms with Crippen LogP contribution in [-0.4, -0.2) is 49.4 Å². The van der Waals surface area contributed by atoms with Crippen LogP contribution in [-0.2, 0) is 13.8 Å². The van der Waals surface area contributed by atoms with Crippen LogP contribution in [0.4, 0.5) is 10.2 Å². The summed E-state index contributed by atoms with van der Waals surface area (Å²) in [6.07, 6.45) is -5.42. The van der Waals surface area contributed by atoms with E-state index in [1.165, 1.54) is 6.07 Å². The Balaban J connectivity index is 2.16. The largest absolute Gasteiger partial charge is 0.469 e. The van der Waals surface area contributed by atoms with E-state index < -0.39 is 44.7 Å². The molecule has 0 amide bonds. The van der Waals surface area contributed by atoms with Gasteiger partial charge in [-0.1, -0.05) is 0 Å². The van der Waals surface area contributed by atoms with Crippen LogP contribution in [0.3, 0.4) is 0 Å². The molecule has 0 saturated carbocycles. The van der Waals surface area contributed by atoms with E-state index in [1.807, 2.05) is 0 Å². The van der Waals surface area contributed by atoms with Crippen LogP contribution < -0.4 is 11.4 Å². The fraction of sp³-hybridized carbons (Fsp3) is 0.556. The number of halogens is 1. The molecule has 10 nitrogen and oxygen atoms in total. The molecule has 1 aromatic rings. The number of anilines is 1. The summed E-state index contributed by atoms with van der Waals surface area (Å²) in [5.74, 6) is -0.0633. The lowest BCUT2D eigenvalue weighted by Crippen LogP contribution is -2.33. The number of aliphatic hydroxyl groups is 1. The number of hydrogen-bond acceptors (Lipinski definition) is 7. The summed E-state index contributed by atoms with van der Waals surface area (Å²) in [5, 5.41) is 9.64. The number of aliphatic hydroxyl groups excluding tert-OH is 1. The number of phosphoric ester groups is 1. The van der Waals surface area contributed by atoms with Crippen LogP contribution in [0.2, 0.25) is 0 Å². The van der Waals surface area contributed by atoms with Gasteiger partial charge in [-0.25, -0.2) is 13.8 Å². The van der Waals surface area contributed by atoms with E-state index in [-0.39, 0.29) is 5.82 Å². The van der Waals surface area contributed by atoms with Crippen LogP contribution in [0.25, 0.3) is 0 Å². The molecule has 2 heterocycles. The van der Waals surface area contributed by atoms with Crippen LogP contribution in [0, 0.1) is 0 Å². The lowest BCUT2D eigenvalue weighted by atomic mass is 10.1. The molecule has 0 aliphatic carbocycles. The molecule has 118 valence electrons. The molecule has 1 aromatic heterocycles. The van der Waals surface area contributed by atoms with Gasteiger partial charge in [0.1, 0.15) is 18.0 Å². The first-order valence-electron chi connectivity index (χ1n) is 5.71. The van der Waals surface area contributed by atoms with Crippen molar-refractivity contribution in [2.75, 3.05) is 12.3 Å². The number of aromatic nitrogens is 2. The molecule has 0 radical (unpaired) electrons. The van der Waals surface area contributed by atoms with Gasteiger partial charge in [0.25, 0.3) is 0 Å². The van der Waals surface area contributed by atoms with E-state index in [0.29, 0.717) is 0 Å². The van der Waals surface area contributed by atoms with Crippen molar-refractivity contribution in [2.45, 2.75) is 24.6 Å². The topological polar surface area (TPSA) is 157 Å². The zero-order valence-corrected chi connectivity index (χ0v) is 11.3. The van der Waals surface area contributed by atoms with Crippen molar-refractivity contribution in [1.29, 1.82) is 0 Å². The zero-order chi connectivity index (χ0) is 15.8. The van der Waals surface area contributed by atoms with E-state index in [2.05, 4.69) is 9.51 Å². The third-order valence-electron chi connectivity index (χ3n) is 2.83. The molecule has 21 heavy (non-hydrogen) atoms. The fourth-order valence-corrected chi connectivity index (χ4v) is 2.20. The second kappa shape index (κ2) is 5.79. The maximum atomic E-state index is 14.0. The Morgan fingerprint density at radius 3 is 2.81 bits per heavy atom. The second-order valence-electron chi connectivity index (χ2n) is 4.33. The summed E-state index contributed by atoms with van der Waals surface area (Å²) in [6, 6.07) is 1.24. The van der Waals surface area contributed by atoms with E-state index in [1.54, 1.807) is 0 Å². The summed E-state index contributed by atoms with van der Waals surface area (Å²) in [4.78, 5) is 32.1. The van der Waals surface area contributed by atoms with Gasteiger partial charge in [-0.3, -0.25) is 9.09 Å². The maximum Gasteiger partial charge on any atom is 0.469 e. The van der Waals surface area contributed by atoms with Gasteiger partial charge < -0.3 is 25.4 Å². The van der Waals surface area contributed by atoms with Crippen molar-refractivity contribution in [1.82, 2.24) is 9.55 Å². The Morgan fingerprint density at radius 1 is 1.57 bits per heavy atom. The quantitative estimate of drug-likeness (QED) is 0.485. The minimum atomic E-state index is -4.78. The van der Waals surface area contributed by atoms with Gasteiger partial charge in [-0.05, 0) is 6.07 Å². The number of ether oxygens (including phenoxy) is 1. The van der Waals surface area contributed by atoms with Gasteiger partial charge in [0, 0.05) is 6.20 Å². The summed E-state index contributed by atoms with van der Waals surface area (Å²) < 4.78 is 34.6. The van der Waals surface area contributed by atoms with Crippen molar-refractivity contribution in [3.8, 4) is 0 Å². The van der Waals surface area contributed by atoms with E-state index >= 15 is 0 Å². The molecule has 0 spiro atoms. The minimum Gasteiger partial charge on any atom is -0.387 e. The molecule has 0 unspecified atom stereocenters. The third-order valence-corrected chi connectivity index (χ3v) is 3.31. The lowest BCUT2D eigenvalue weighted by Gasteiger charge is -2.16. The number of alkyl halides is 1. The van der Waals surface area contributed by atoms with Crippen LogP contribution in [0.15, 0.2) is 17.1 Å². The molecule has 4 atom stereocenters. The number of nitrogens with zero attached hydrogens (tertiary/aromatic N) is 2. The van der Waals surface area contributed by atoms with Crippen molar-refractivity contribution in [3.63, 3.8) is 0 Å². The molecule has 5 N–H and O–H groups in total. The Morgan fingerprint density at radius 2 is 2.24 bits per heavy atom. The molecular formula is C9H13FN3O7P. The van der Waals surface area contributed by atoms with Crippen LogP contribution in [0.5, 0.6) is 0 Å². The molecule has 1 aliphatic rings. The SMILES string of the molecule is Nc1ccn([C@@H]2O[C@H](COP(=O)(O)O)[C@@H](O)[C@H]2F)c(=O)n1. The van der Waals surface area contributed by atoms with Crippen molar-refractivity contribution in [2.24, 2.45) is 0 Å². The fourth-order valence-electron chi connectivity index (χ4n) is 1.86.